The largest absolute Gasteiger partial charge is 0.363 e. The van der Waals surface area contributed by atoms with E-state index in [-0.39, 0.29) is 11.9 Å². The number of primary amides is 1. The van der Waals surface area contributed by atoms with Crippen LogP contribution >= 0.6 is 0 Å². The van der Waals surface area contributed by atoms with Crippen LogP contribution in [0, 0.1) is 0 Å². The maximum absolute atomic E-state index is 11.1. The number of rotatable bonds is 5. The second-order valence-corrected chi connectivity index (χ2v) is 5.83. The van der Waals surface area contributed by atoms with Gasteiger partial charge >= 0.3 is 0 Å². The monoisotopic (exact) mass is 340 g/mol. The number of aromatic nitrogens is 4. The number of likely N-dealkylation sites (tertiary alicyclic amines) is 1. The lowest BCUT2D eigenvalue weighted by molar-refractivity contribution is 0.0987. The molecule has 1 aromatic carbocycles. The summed E-state index contributed by atoms with van der Waals surface area (Å²) in [6, 6.07) is 9.65. The molecule has 9 nitrogen and oxygen atoms in total. The van der Waals surface area contributed by atoms with E-state index in [1.54, 1.807) is 0 Å². The van der Waals surface area contributed by atoms with Gasteiger partial charge in [-0.3, -0.25) is 9.69 Å². The molecule has 2 aromatic heterocycles. The van der Waals surface area contributed by atoms with Crippen LogP contribution in [0.25, 0.3) is 11.4 Å². The van der Waals surface area contributed by atoms with Crippen molar-refractivity contribution in [2.24, 2.45) is 5.73 Å². The molecule has 9 heteroatoms. The summed E-state index contributed by atoms with van der Waals surface area (Å²) in [7, 11) is 0. The van der Waals surface area contributed by atoms with Crippen molar-refractivity contribution in [2.45, 2.75) is 25.4 Å². The molecule has 1 aliphatic heterocycles. The minimum atomic E-state index is -0.711. The molecule has 0 spiro atoms. The molecule has 1 fully saturated rings. The molecule has 0 aliphatic carbocycles. The fourth-order valence-corrected chi connectivity index (χ4v) is 2.96. The molecule has 25 heavy (non-hydrogen) atoms. The Kier molecular flexibility index (Phi) is 3.98. The third-order valence-corrected chi connectivity index (χ3v) is 4.15. The lowest BCUT2D eigenvalue weighted by atomic mass is 10.2. The minimum absolute atomic E-state index is 0.0195. The molecule has 1 atom stereocenters. The fourth-order valence-electron chi connectivity index (χ4n) is 2.96. The first-order valence-corrected chi connectivity index (χ1v) is 7.96. The normalized spacial score (nSPS) is 17.8. The summed E-state index contributed by atoms with van der Waals surface area (Å²) in [6.07, 6.45) is 1.89. The average molecular weight is 340 g/mol. The van der Waals surface area contributed by atoms with Crippen LogP contribution in [0.1, 0.15) is 41.3 Å². The Morgan fingerprint density at radius 1 is 1.20 bits per heavy atom. The zero-order valence-corrected chi connectivity index (χ0v) is 13.3. The van der Waals surface area contributed by atoms with Crippen LogP contribution in [0.2, 0.25) is 0 Å². The van der Waals surface area contributed by atoms with E-state index in [0.717, 1.165) is 24.9 Å². The van der Waals surface area contributed by atoms with Crippen molar-refractivity contribution >= 4 is 5.91 Å². The smallest absolute Gasteiger partial charge is 0.290 e. The first kappa shape index (κ1) is 15.5. The van der Waals surface area contributed by atoms with E-state index in [1.807, 2.05) is 30.3 Å². The number of nitrogens with two attached hydrogens (primary N) is 1. The summed E-state index contributed by atoms with van der Waals surface area (Å²) >= 11 is 0. The number of hydrogen-bond acceptors (Lipinski definition) is 8. The molecule has 1 aliphatic rings. The van der Waals surface area contributed by atoms with E-state index in [2.05, 4.69) is 25.2 Å². The van der Waals surface area contributed by atoms with Crippen molar-refractivity contribution in [3.8, 4) is 11.4 Å². The van der Waals surface area contributed by atoms with Gasteiger partial charge in [0.2, 0.25) is 17.6 Å². The summed E-state index contributed by atoms with van der Waals surface area (Å²) in [4.78, 5) is 21.7. The Labute approximate surface area is 142 Å². The molecule has 0 bridgehead atoms. The Morgan fingerprint density at radius 3 is 2.80 bits per heavy atom. The topological polar surface area (TPSA) is 124 Å². The zero-order chi connectivity index (χ0) is 17.2. The number of hydrogen-bond donors (Lipinski definition) is 1. The Bertz CT molecular complexity index is 875. The molecule has 2 N–H and O–H groups in total. The molecule has 0 radical (unpaired) electrons. The molecule has 3 aromatic rings. The van der Waals surface area contributed by atoms with E-state index in [9.17, 15) is 4.79 Å². The number of carbonyl (C=O) groups is 1. The van der Waals surface area contributed by atoms with Crippen LogP contribution < -0.4 is 5.73 Å². The van der Waals surface area contributed by atoms with Gasteiger partial charge in [0.25, 0.3) is 11.7 Å². The van der Waals surface area contributed by atoms with Crippen molar-refractivity contribution in [1.82, 2.24) is 25.2 Å². The van der Waals surface area contributed by atoms with Gasteiger partial charge in [-0.15, -0.1) is 0 Å². The molecule has 1 saturated heterocycles. The van der Waals surface area contributed by atoms with Crippen LogP contribution in [0.4, 0.5) is 0 Å². The summed E-state index contributed by atoms with van der Waals surface area (Å²) in [5.74, 6) is 0.637. The highest BCUT2D eigenvalue weighted by molar-refractivity contribution is 5.88. The highest BCUT2D eigenvalue weighted by Gasteiger charge is 2.32. The van der Waals surface area contributed by atoms with E-state index in [4.69, 9.17) is 14.8 Å². The predicted molar refractivity (Wildman–Crippen MR) is 84.9 cm³/mol. The fraction of sp³-hybridized carbons (Fsp3) is 0.312. The molecule has 1 amide bonds. The summed E-state index contributed by atoms with van der Waals surface area (Å²) < 4.78 is 10.5. The van der Waals surface area contributed by atoms with Gasteiger partial charge < -0.3 is 14.8 Å². The highest BCUT2D eigenvalue weighted by Crippen LogP contribution is 2.32. The van der Waals surface area contributed by atoms with Crippen LogP contribution in [0.5, 0.6) is 0 Å². The highest BCUT2D eigenvalue weighted by atomic mass is 16.5. The second kappa shape index (κ2) is 6.44. The first-order valence-electron chi connectivity index (χ1n) is 7.96. The SMILES string of the molecule is NC(=O)c1noc(CN2CCC[C@H]2c2nc(-c3ccccc3)no2)n1. The number of amides is 1. The summed E-state index contributed by atoms with van der Waals surface area (Å²) in [5.41, 5.74) is 6.05. The maximum Gasteiger partial charge on any atom is 0.290 e. The average Bonchev–Trinajstić information content (AvgIpc) is 3.36. The summed E-state index contributed by atoms with van der Waals surface area (Å²) in [5, 5.41) is 7.64. The molecular weight excluding hydrogens is 324 g/mol. The predicted octanol–water partition coefficient (Wildman–Crippen LogP) is 1.56. The number of benzene rings is 1. The van der Waals surface area contributed by atoms with E-state index in [1.165, 1.54) is 0 Å². The lowest BCUT2D eigenvalue weighted by Crippen LogP contribution is -2.23. The maximum atomic E-state index is 11.1. The third kappa shape index (κ3) is 3.13. The van der Waals surface area contributed by atoms with Gasteiger partial charge in [0.15, 0.2) is 0 Å². The Morgan fingerprint density at radius 2 is 2.04 bits per heavy atom. The Balaban J connectivity index is 1.51. The standard InChI is InChI=1S/C16H16N6O3/c17-13(23)15-18-12(24-21-15)9-22-8-4-7-11(22)16-19-14(20-25-16)10-5-2-1-3-6-10/h1-3,5-6,11H,4,7-9H2,(H2,17,23)/t11-/m0/s1. The Hall–Kier alpha value is -3.07. The second-order valence-electron chi connectivity index (χ2n) is 5.83. The van der Waals surface area contributed by atoms with Gasteiger partial charge in [-0.25, -0.2) is 0 Å². The van der Waals surface area contributed by atoms with Gasteiger partial charge in [0.1, 0.15) is 0 Å². The molecule has 4 rings (SSSR count). The molecule has 3 heterocycles. The van der Waals surface area contributed by atoms with Gasteiger partial charge in [-0.1, -0.05) is 40.6 Å². The quantitative estimate of drug-likeness (QED) is 0.742. The van der Waals surface area contributed by atoms with Crippen molar-refractivity contribution in [3.05, 3.63) is 47.9 Å². The van der Waals surface area contributed by atoms with E-state index < -0.39 is 5.91 Å². The van der Waals surface area contributed by atoms with Crippen molar-refractivity contribution in [2.75, 3.05) is 6.54 Å². The zero-order valence-electron chi connectivity index (χ0n) is 13.3. The molecule has 0 unspecified atom stereocenters. The van der Waals surface area contributed by atoms with Crippen molar-refractivity contribution in [1.29, 1.82) is 0 Å². The molecule has 128 valence electrons. The summed E-state index contributed by atoms with van der Waals surface area (Å²) in [6.45, 7) is 1.23. The van der Waals surface area contributed by atoms with Gasteiger partial charge in [-0.2, -0.15) is 9.97 Å². The third-order valence-electron chi connectivity index (χ3n) is 4.15. The molecular formula is C16H16N6O3. The van der Waals surface area contributed by atoms with Crippen LogP contribution in [-0.4, -0.2) is 37.6 Å². The van der Waals surface area contributed by atoms with Gasteiger partial charge in [0.05, 0.1) is 12.6 Å². The first-order chi connectivity index (χ1) is 12.2. The van der Waals surface area contributed by atoms with Crippen LogP contribution in [0.3, 0.4) is 0 Å². The number of carbonyl (C=O) groups excluding carboxylic acids is 1. The van der Waals surface area contributed by atoms with Crippen LogP contribution in [-0.2, 0) is 6.54 Å². The van der Waals surface area contributed by atoms with Crippen LogP contribution in [0.15, 0.2) is 39.4 Å². The van der Waals surface area contributed by atoms with Gasteiger partial charge in [0, 0.05) is 5.56 Å². The van der Waals surface area contributed by atoms with Crippen molar-refractivity contribution in [3.63, 3.8) is 0 Å². The molecule has 0 saturated carbocycles. The van der Waals surface area contributed by atoms with Crippen molar-refractivity contribution < 1.29 is 13.8 Å². The number of nitrogens with zero attached hydrogens (tertiary/aromatic N) is 5. The van der Waals surface area contributed by atoms with E-state index >= 15 is 0 Å². The minimum Gasteiger partial charge on any atom is -0.363 e. The lowest BCUT2D eigenvalue weighted by Gasteiger charge is -2.18. The van der Waals surface area contributed by atoms with Gasteiger partial charge in [-0.05, 0) is 19.4 Å². The van der Waals surface area contributed by atoms with E-state index in [0.29, 0.717) is 24.2 Å².